The highest BCUT2D eigenvalue weighted by Gasteiger charge is 2.49. The zero-order valence-electron chi connectivity index (χ0n) is 16.5. The summed E-state index contributed by atoms with van der Waals surface area (Å²) in [6, 6.07) is 9.98. The largest absolute Gasteiger partial charge is 0.348 e. The van der Waals surface area contributed by atoms with Crippen molar-refractivity contribution in [3.8, 4) is 0 Å². The number of fused-ring (bicyclic) bond motifs is 1. The fraction of sp³-hybridized carbons (Fsp3) is 0.381. The molecule has 1 aliphatic heterocycles. The number of benzene rings is 1. The summed E-state index contributed by atoms with van der Waals surface area (Å²) < 4.78 is 13.0. The van der Waals surface area contributed by atoms with Crippen LogP contribution in [-0.4, -0.2) is 49.6 Å². The Kier molecular flexibility index (Phi) is 5.55. The predicted molar refractivity (Wildman–Crippen MR) is 115 cm³/mol. The average molecular weight is 448 g/mol. The van der Waals surface area contributed by atoms with Crippen molar-refractivity contribution >= 4 is 34.2 Å². The van der Waals surface area contributed by atoms with Crippen LogP contribution in [0.3, 0.4) is 0 Å². The minimum Gasteiger partial charge on any atom is -0.348 e. The number of nitrogens with one attached hydrogen (secondary N) is 1. The van der Waals surface area contributed by atoms with E-state index in [2.05, 4.69) is 5.32 Å². The van der Waals surface area contributed by atoms with Crippen molar-refractivity contribution in [2.24, 2.45) is 0 Å². The van der Waals surface area contributed by atoms with Crippen LogP contribution in [0.4, 0.5) is 0 Å². The highest BCUT2D eigenvalue weighted by Crippen LogP contribution is 2.42. The van der Waals surface area contributed by atoms with E-state index in [-0.39, 0.29) is 28.5 Å². The monoisotopic (exact) mass is 447 g/mol. The maximum absolute atomic E-state index is 12.9. The highest BCUT2D eigenvalue weighted by atomic mass is 35.5. The van der Waals surface area contributed by atoms with E-state index >= 15 is 0 Å². The topological polar surface area (TPSA) is 88.5 Å². The molecule has 1 aliphatic carbocycles. The molecular formula is C21H22ClN3O4S. The molecule has 2 aromatic rings. The number of carbonyl (C=O) groups excluding carboxylic acids is 2. The Morgan fingerprint density at radius 1 is 1.13 bits per heavy atom. The summed E-state index contributed by atoms with van der Waals surface area (Å²) in [6.07, 6.45) is 3.37. The molecule has 30 heavy (non-hydrogen) atoms. The Bertz CT molecular complexity index is 1090. The highest BCUT2D eigenvalue weighted by molar-refractivity contribution is 7.86. The third-order valence-electron chi connectivity index (χ3n) is 5.78. The van der Waals surface area contributed by atoms with Gasteiger partial charge >= 0.3 is 0 Å². The lowest BCUT2D eigenvalue weighted by molar-refractivity contribution is 0.0695. The molecule has 1 fully saturated rings. The number of rotatable bonds is 6. The first-order chi connectivity index (χ1) is 14.3. The summed E-state index contributed by atoms with van der Waals surface area (Å²) in [5.74, 6) is -0.748. The Labute approximate surface area is 181 Å². The number of aromatic nitrogens is 1. The van der Waals surface area contributed by atoms with Gasteiger partial charge in [0.25, 0.3) is 17.4 Å². The predicted octanol–water partition coefficient (Wildman–Crippen LogP) is 1.80. The van der Waals surface area contributed by atoms with Crippen LogP contribution in [0.1, 0.15) is 39.3 Å². The standard InChI is InChI=1S/C21H22ClN3O4S/c1-30(29)21(8-9-21)13-24-10-11-25-17(20(24)28)7-6-16(19(25)27)18(26)23-12-14-2-4-15(22)5-3-14/h2-7H,8-13H2,1H3,(H,23,26). The molecule has 7 nitrogen and oxygen atoms in total. The first-order valence-electron chi connectivity index (χ1n) is 9.70. The van der Waals surface area contributed by atoms with Gasteiger partial charge in [-0.3, -0.25) is 18.6 Å². The molecule has 1 atom stereocenters. The molecular weight excluding hydrogens is 426 g/mol. The molecule has 158 valence electrons. The van der Waals surface area contributed by atoms with Crippen LogP contribution in [0.15, 0.2) is 41.2 Å². The van der Waals surface area contributed by atoms with Crippen LogP contribution in [0.5, 0.6) is 0 Å². The first-order valence-corrected chi connectivity index (χ1v) is 11.6. The van der Waals surface area contributed by atoms with Gasteiger partial charge in [0.2, 0.25) is 0 Å². The van der Waals surface area contributed by atoms with Crippen molar-refractivity contribution in [2.45, 2.75) is 30.7 Å². The molecule has 2 amide bonds. The lowest BCUT2D eigenvalue weighted by Crippen LogP contribution is -2.49. The lowest BCUT2D eigenvalue weighted by atomic mass is 10.1. The molecule has 1 aromatic carbocycles. The number of pyridine rings is 1. The normalized spacial score (nSPS) is 17.9. The maximum atomic E-state index is 12.9. The van der Waals surface area contributed by atoms with Crippen molar-refractivity contribution in [1.82, 2.24) is 14.8 Å². The molecule has 9 heteroatoms. The molecule has 0 saturated heterocycles. The van der Waals surface area contributed by atoms with Crippen molar-refractivity contribution in [1.29, 1.82) is 0 Å². The van der Waals surface area contributed by atoms with E-state index in [1.54, 1.807) is 35.4 Å². The second-order valence-corrected chi connectivity index (χ2v) is 9.97. The van der Waals surface area contributed by atoms with Gasteiger partial charge < -0.3 is 14.8 Å². The molecule has 4 rings (SSSR count). The van der Waals surface area contributed by atoms with Crippen molar-refractivity contribution < 1.29 is 13.8 Å². The summed E-state index contributed by atoms with van der Waals surface area (Å²) in [4.78, 5) is 39.9. The van der Waals surface area contributed by atoms with Gasteiger partial charge in [-0.05, 0) is 42.7 Å². The minimum absolute atomic E-state index is 0.00212. The molecule has 1 aromatic heterocycles. The Balaban J connectivity index is 1.49. The van der Waals surface area contributed by atoms with Gasteiger partial charge in [0.05, 0.1) is 4.75 Å². The Hall–Kier alpha value is -2.45. The number of hydrogen-bond donors (Lipinski definition) is 1. The van der Waals surface area contributed by atoms with Crippen LogP contribution in [0.2, 0.25) is 5.02 Å². The smallest absolute Gasteiger partial charge is 0.270 e. The van der Waals surface area contributed by atoms with Crippen molar-refractivity contribution in [2.75, 3.05) is 19.3 Å². The van der Waals surface area contributed by atoms with E-state index in [1.165, 1.54) is 16.7 Å². The summed E-state index contributed by atoms with van der Waals surface area (Å²) in [5.41, 5.74) is 0.647. The van der Waals surface area contributed by atoms with E-state index in [1.807, 2.05) is 0 Å². The van der Waals surface area contributed by atoms with Gasteiger partial charge in [-0.15, -0.1) is 0 Å². The van der Waals surface area contributed by atoms with Crippen LogP contribution < -0.4 is 10.9 Å². The SMILES string of the molecule is CS(=O)C1(CN2CCn3c(ccc(C(=O)NCc4ccc(Cl)cc4)c3=O)C2=O)CC1. The van der Waals surface area contributed by atoms with Gasteiger partial charge in [-0.1, -0.05) is 23.7 Å². The molecule has 2 heterocycles. The molecule has 1 N–H and O–H groups in total. The molecule has 0 spiro atoms. The lowest BCUT2D eigenvalue weighted by Gasteiger charge is -2.32. The Morgan fingerprint density at radius 3 is 2.47 bits per heavy atom. The van der Waals surface area contributed by atoms with E-state index in [4.69, 9.17) is 11.6 Å². The second kappa shape index (κ2) is 8.00. The minimum atomic E-state index is -0.996. The van der Waals surface area contributed by atoms with Crippen molar-refractivity contribution in [3.63, 3.8) is 0 Å². The van der Waals surface area contributed by atoms with Gasteiger partial charge in [-0.25, -0.2) is 0 Å². The first kappa shape index (κ1) is 20.8. The fourth-order valence-electron chi connectivity index (χ4n) is 3.70. The van der Waals surface area contributed by atoms with E-state index in [0.29, 0.717) is 24.7 Å². The third-order valence-corrected chi connectivity index (χ3v) is 7.79. The summed E-state index contributed by atoms with van der Waals surface area (Å²) in [7, 11) is -0.996. The van der Waals surface area contributed by atoms with Gasteiger partial charge in [0.1, 0.15) is 11.3 Å². The number of halogens is 1. The number of carbonyl (C=O) groups is 2. The summed E-state index contributed by atoms with van der Waals surface area (Å²) in [6.45, 7) is 1.37. The number of amides is 2. The molecule has 0 bridgehead atoms. The van der Waals surface area contributed by atoms with E-state index in [0.717, 1.165) is 18.4 Å². The van der Waals surface area contributed by atoms with Crippen LogP contribution in [0, 0.1) is 0 Å². The second-order valence-electron chi connectivity index (χ2n) is 7.76. The maximum Gasteiger partial charge on any atom is 0.270 e. The third kappa shape index (κ3) is 3.94. The fourth-order valence-corrected chi connectivity index (χ4v) is 4.84. The summed E-state index contributed by atoms with van der Waals surface area (Å²) >= 11 is 5.86. The van der Waals surface area contributed by atoms with Gasteiger partial charge in [-0.2, -0.15) is 0 Å². The van der Waals surface area contributed by atoms with Gasteiger partial charge in [0.15, 0.2) is 0 Å². The zero-order valence-corrected chi connectivity index (χ0v) is 18.1. The molecule has 1 unspecified atom stereocenters. The molecule has 0 radical (unpaired) electrons. The van der Waals surface area contributed by atoms with E-state index in [9.17, 15) is 18.6 Å². The molecule has 1 saturated carbocycles. The Morgan fingerprint density at radius 2 is 1.83 bits per heavy atom. The van der Waals surface area contributed by atoms with Crippen molar-refractivity contribution in [3.05, 3.63) is 68.6 Å². The quantitative estimate of drug-likeness (QED) is 0.731. The zero-order chi connectivity index (χ0) is 21.5. The van der Waals surface area contributed by atoms with E-state index < -0.39 is 22.3 Å². The van der Waals surface area contributed by atoms with Crippen LogP contribution in [0.25, 0.3) is 0 Å². The van der Waals surface area contributed by atoms with Gasteiger partial charge in [0, 0.05) is 48.3 Å². The average Bonchev–Trinajstić information content (AvgIpc) is 3.51. The number of nitrogens with zero attached hydrogens (tertiary/aromatic N) is 2. The summed E-state index contributed by atoms with van der Waals surface area (Å²) in [5, 5.41) is 3.34. The number of hydrogen-bond acceptors (Lipinski definition) is 4. The molecule has 2 aliphatic rings. The van der Waals surface area contributed by atoms with Crippen LogP contribution >= 0.6 is 11.6 Å². The van der Waals surface area contributed by atoms with Crippen LogP contribution in [-0.2, 0) is 23.9 Å².